The summed E-state index contributed by atoms with van der Waals surface area (Å²) in [6, 6.07) is 17.3. The molecule has 0 amide bonds. The molecular formula is C19H22O2S. The summed E-state index contributed by atoms with van der Waals surface area (Å²) in [5.74, 6) is 0.00404. The van der Waals surface area contributed by atoms with E-state index in [4.69, 9.17) is 0 Å². The van der Waals surface area contributed by atoms with Crippen LogP contribution in [-0.4, -0.2) is 15.4 Å². The molecule has 116 valence electrons. The number of benzene rings is 2. The summed E-state index contributed by atoms with van der Waals surface area (Å²) >= 11 is 0. The van der Waals surface area contributed by atoms with Crippen molar-refractivity contribution in [3.05, 3.63) is 70.6 Å². The van der Waals surface area contributed by atoms with Crippen molar-refractivity contribution >= 4 is 16.9 Å². The van der Waals surface area contributed by atoms with Crippen LogP contribution < -0.4 is 0 Å². The van der Waals surface area contributed by atoms with Gasteiger partial charge < -0.3 is 5.11 Å². The van der Waals surface area contributed by atoms with Crippen molar-refractivity contribution in [2.75, 3.05) is 0 Å². The van der Waals surface area contributed by atoms with Gasteiger partial charge in [0.1, 0.15) is 0 Å². The maximum atomic E-state index is 12.9. The fourth-order valence-electron chi connectivity index (χ4n) is 2.09. The van der Waals surface area contributed by atoms with Gasteiger partial charge in [-0.15, -0.1) is 0 Å². The predicted molar refractivity (Wildman–Crippen MR) is 92.9 cm³/mol. The zero-order valence-corrected chi connectivity index (χ0v) is 14.0. The lowest BCUT2D eigenvalue weighted by molar-refractivity contribution is 0.169. The molecule has 3 heteroatoms. The predicted octanol–water partition coefficient (Wildman–Crippen LogP) is 4.16. The SMILES string of the molecule is Cc1ccc(S(=O)/C(=C/c2ccccc2)[C@H](O)C(C)C)cc1. The van der Waals surface area contributed by atoms with Crippen LogP contribution in [0.1, 0.15) is 25.0 Å². The van der Waals surface area contributed by atoms with E-state index in [1.54, 1.807) is 0 Å². The van der Waals surface area contributed by atoms with Gasteiger partial charge in [0.15, 0.2) is 0 Å². The summed E-state index contributed by atoms with van der Waals surface area (Å²) in [5, 5.41) is 10.5. The number of hydrogen-bond acceptors (Lipinski definition) is 2. The van der Waals surface area contributed by atoms with Gasteiger partial charge in [0.2, 0.25) is 0 Å². The number of hydrogen-bond donors (Lipinski definition) is 1. The second-order valence-electron chi connectivity index (χ2n) is 5.73. The molecule has 0 radical (unpaired) electrons. The average molecular weight is 314 g/mol. The molecule has 0 saturated carbocycles. The van der Waals surface area contributed by atoms with E-state index in [1.807, 2.05) is 81.4 Å². The molecule has 0 spiro atoms. The van der Waals surface area contributed by atoms with Crippen molar-refractivity contribution in [2.45, 2.75) is 31.8 Å². The van der Waals surface area contributed by atoms with E-state index in [0.29, 0.717) is 9.80 Å². The molecule has 2 atom stereocenters. The van der Waals surface area contributed by atoms with Crippen molar-refractivity contribution in [3.63, 3.8) is 0 Å². The van der Waals surface area contributed by atoms with Gasteiger partial charge in [-0.25, -0.2) is 4.21 Å². The molecule has 22 heavy (non-hydrogen) atoms. The van der Waals surface area contributed by atoms with E-state index in [9.17, 15) is 9.32 Å². The third-order valence-electron chi connectivity index (χ3n) is 3.48. The Bertz CT molecular complexity index is 658. The number of rotatable bonds is 5. The van der Waals surface area contributed by atoms with Crippen LogP contribution in [0.3, 0.4) is 0 Å². The zero-order chi connectivity index (χ0) is 16.1. The van der Waals surface area contributed by atoms with Crippen molar-refractivity contribution in [1.82, 2.24) is 0 Å². The van der Waals surface area contributed by atoms with Crippen LogP contribution in [0, 0.1) is 12.8 Å². The van der Waals surface area contributed by atoms with Gasteiger partial charge in [0.05, 0.1) is 21.8 Å². The molecule has 1 unspecified atom stereocenters. The van der Waals surface area contributed by atoms with E-state index in [0.717, 1.165) is 11.1 Å². The van der Waals surface area contributed by atoms with Gasteiger partial charge in [-0.2, -0.15) is 0 Å². The van der Waals surface area contributed by atoms with Gasteiger partial charge in [0.25, 0.3) is 0 Å². The molecule has 0 aliphatic heterocycles. The van der Waals surface area contributed by atoms with E-state index >= 15 is 0 Å². The smallest absolute Gasteiger partial charge is 0.0900 e. The van der Waals surface area contributed by atoms with Gasteiger partial charge in [0, 0.05) is 4.90 Å². The normalized spacial score (nSPS) is 14.9. The maximum Gasteiger partial charge on any atom is 0.0900 e. The third-order valence-corrected chi connectivity index (χ3v) is 4.97. The first-order chi connectivity index (χ1) is 10.5. The number of aliphatic hydroxyl groups is 1. The molecule has 0 bridgehead atoms. The summed E-state index contributed by atoms with van der Waals surface area (Å²) < 4.78 is 12.9. The first-order valence-electron chi connectivity index (χ1n) is 7.42. The van der Waals surface area contributed by atoms with Gasteiger partial charge in [-0.05, 0) is 36.6 Å². The van der Waals surface area contributed by atoms with E-state index in [2.05, 4.69) is 0 Å². The van der Waals surface area contributed by atoms with Crippen molar-refractivity contribution < 1.29 is 9.32 Å². The van der Waals surface area contributed by atoms with Crippen molar-refractivity contribution in [2.24, 2.45) is 5.92 Å². The quantitative estimate of drug-likeness (QED) is 0.899. The Morgan fingerprint density at radius 1 is 1.05 bits per heavy atom. The molecule has 0 aromatic heterocycles. The Hall–Kier alpha value is -1.71. The van der Waals surface area contributed by atoms with E-state index < -0.39 is 16.9 Å². The van der Waals surface area contributed by atoms with Crippen LogP contribution in [0.2, 0.25) is 0 Å². The van der Waals surface area contributed by atoms with Crippen LogP contribution in [0.15, 0.2) is 64.4 Å². The van der Waals surface area contributed by atoms with Crippen LogP contribution in [0.5, 0.6) is 0 Å². The van der Waals surface area contributed by atoms with Gasteiger partial charge in [-0.1, -0.05) is 61.9 Å². The minimum atomic E-state index is -1.37. The Morgan fingerprint density at radius 2 is 1.64 bits per heavy atom. The topological polar surface area (TPSA) is 37.3 Å². The van der Waals surface area contributed by atoms with Crippen molar-refractivity contribution in [3.8, 4) is 0 Å². The number of aliphatic hydroxyl groups excluding tert-OH is 1. The maximum absolute atomic E-state index is 12.9. The molecule has 2 aromatic carbocycles. The average Bonchev–Trinajstić information content (AvgIpc) is 2.53. The Kier molecular flexibility index (Phi) is 5.69. The molecule has 0 aliphatic rings. The van der Waals surface area contributed by atoms with Gasteiger partial charge in [-0.3, -0.25) is 0 Å². The second-order valence-corrected chi connectivity index (χ2v) is 7.21. The minimum Gasteiger partial charge on any atom is -0.388 e. The fraction of sp³-hybridized carbons (Fsp3) is 0.263. The third kappa shape index (κ3) is 4.15. The van der Waals surface area contributed by atoms with Crippen LogP contribution in [0.25, 0.3) is 6.08 Å². The summed E-state index contributed by atoms with van der Waals surface area (Å²) in [7, 11) is -1.37. The lowest BCUT2D eigenvalue weighted by Crippen LogP contribution is -2.20. The molecule has 1 N–H and O–H groups in total. The summed E-state index contributed by atoms with van der Waals surface area (Å²) in [4.78, 5) is 1.26. The summed E-state index contributed by atoms with van der Waals surface area (Å²) in [5.41, 5.74) is 2.07. The highest BCUT2D eigenvalue weighted by Gasteiger charge is 2.21. The lowest BCUT2D eigenvalue weighted by Gasteiger charge is -2.18. The monoisotopic (exact) mass is 314 g/mol. The van der Waals surface area contributed by atoms with E-state index in [1.165, 1.54) is 0 Å². The highest BCUT2D eigenvalue weighted by Crippen LogP contribution is 2.24. The molecule has 2 aromatic rings. The van der Waals surface area contributed by atoms with E-state index in [-0.39, 0.29) is 5.92 Å². The molecule has 0 aliphatic carbocycles. The van der Waals surface area contributed by atoms with Crippen LogP contribution in [0.4, 0.5) is 0 Å². The molecule has 0 saturated heterocycles. The van der Waals surface area contributed by atoms with Crippen LogP contribution in [-0.2, 0) is 10.8 Å². The Balaban J connectivity index is 2.42. The molecular weight excluding hydrogens is 292 g/mol. The highest BCUT2D eigenvalue weighted by atomic mass is 32.2. The molecule has 0 heterocycles. The van der Waals surface area contributed by atoms with Gasteiger partial charge >= 0.3 is 0 Å². The Morgan fingerprint density at radius 3 is 2.18 bits per heavy atom. The lowest BCUT2D eigenvalue weighted by atomic mass is 10.1. The van der Waals surface area contributed by atoms with Crippen LogP contribution >= 0.6 is 0 Å². The second kappa shape index (κ2) is 7.52. The molecule has 0 fully saturated rings. The summed E-state index contributed by atoms with van der Waals surface area (Å²) in [6.07, 6.45) is 1.10. The standard InChI is InChI=1S/C19H22O2S/c1-14(2)19(20)18(13-16-7-5-4-6-8-16)22(21)17-11-9-15(3)10-12-17/h4-14,19-20H,1-3H3/b18-13+/t19-,22?/m1/s1. The minimum absolute atomic E-state index is 0.00404. The highest BCUT2D eigenvalue weighted by molar-refractivity contribution is 7.89. The zero-order valence-electron chi connectivity index (χ0n) is 13.2. The number of aryl methyl sites for hydroxylation is 1. The fourth-order valence-corrected chi connectivity index (χ4v) is 3.48. The first kappa shape index (κ1) is 16.7. The molecule has 2 nitrogen and oxygen atoms in total. The first-order valence-corrected chi connectivity index (χ1v) is 8.57. The summed E-state index contributed by atoms with van der Waals surface area (Å²) in [6.45, 7) is 5.85. The Labute approximate surface area is 135 Å². The van der Waals surface area contributed by atoms with Crippen molar-refractivity contribution in [1.29, 1.82) is 0 Å². The largest absolute Gasteiger partial charge is 0.388 e. The molecule has 2 rings (SSSR count).